The van der Waals surface area contributed by atoms with Gasteiger partial charge in [-0.1, -0.05) is 30.3 Å². The molecule has 1 fully saturated rings. The molecule has 1 saturated heterocycles. The Labute approximate surface area is 129 Å². The number of nitrogens with one attached hydrogen (secondary N) is 1. The number of carbonyl (C=O) groups is 1. The molecule has 1 aromatic carbocycles. The highest BCUT2D eigenvalue weighted by atomic mass is 16.5. The first-order chi connectivity index (χ1) is 10.8. The van der Waals surface area contributed by atoms with E-state index < -0.39 is 0 Å². The fourth-order valence-electron chi connectivity index (χ4n) is 2.30. The first-order valence-corrected chi connectivity index (χ1v) is 7.30. The van der Waals surface area contributed by atoms with Crippen LogP contribution in [-0.4, -0.2) is 42.2 Å². The van der Waals surface area contributed by atoms with Gasteiger partial charge in [-0.05, 0) is 5.56 Å². The molecule has 0 bridgehead atoms. The largest absolute Gasteiger partial charge is 0.378 e. The van der Waals surface area contributed by atoms with Crippen molar-refractivity contribution in [1.29, 1.82) is 0 Å². The van der Waals surface area contributed by atoms with E-state index in [0.717, 1.165) is 18.7 Å². The molecule has 1 N–H and O–H groups in total. The summed E-state index contributed by atoms with van der Waals surface area (Å²) in [6, 6.07) is 9.63. The number of benzene rings is 1. The van der Waals surface area contributed by atoms with Gasteiger partial charge in [0.25, 0.3) is 0 Å². The van der Waals surface area contributed by atoms with E-state index in [1.165, 1.54) is 0 Å². The molecule has 2 aromatic rings. The van der Waals surface area contributed by atoms with Crippen LogP contribution in [0.1, 0.15) is 5.56 Å². The summed E-state index contributed by atoms with van der Waals surface area (Å²) in [6.45, 7) is 2.97. The van der Waals surface area contributed by atoms with Crippen LogP contribution in [0.15, 0.2) is 42.7 Å². The lowest BCUT2D eigenvalue weighted by molar-refractivity contribution is -0.115. The summed E-state index contributed by atoms with van der Waals surface area (Å²) in [4.78, 5) is 22.7. The number of ether oxygens (including phenoxy) is 1. The van der Waals surface area contributed by atoms with Gasteiger partial charge in [0.15, 0.2) is 0 Å². The molecule has 0 unspecified atom stereocenters. The molecule has 1 amide bonds. The number of aromatic nitrogens is 2. The normalized spacial score (nSPS) is 14.6. The number of morpholine rings is 1. The smallest absolute Gasteiger partial charge is 0.228 e. The maximum absolute atomic E-state index is 12.0. The van der Waals surface area contributed by atoms with Crippen molar-refractivity contribution in [1.82, 2.24) is 9.97 Å². The molecular weight excluding hydrogens is 280 g/mol. The predicted molar refractivity (Wildman–Crippen MR) is 83.8 cm³/mol. The number of anilines is 2. The van der Waals surface area contributed by atoms with E-state index in [1.54, 1.807) is 12.4 Å². The Balaban J connectivity index is 1.57. The molecule has 2 heterocycles. The predicted octanol–water partition coefficient (Wildman–Crippen LogP) is 1.49. The minimum absolute atomic E-state index is 0.0751. The van der Waals surface area contributed by atoms with Gasteiger partial charge in [-0.15, -0.1) is 0 Å². The molecule has 6 heteroatoms. The Morgan fingerprint density at radius 3 is 2.50 bits per heavy atom. The molecule has 1 aliphatic rings. The summed E-state index contributed by atoms with van der Waals surface area (Å²) < 4.78 is 5.30. The van der Waals surface area contributed by atoms with Crippen molar-refractivity contribution in [2.24, 2.45) is 0 Å². The molecule has 0 saturated carbocycles. The summed E-state index contributed by atoms with van der Waals surface area (Å²) in [5.74, 6) is 0.596. The van der Waals surface area contributed by atoms with Crippen molar-refractivity contribution in [2.45, 2.75) is 6.42 Å². The topological polar surface area (TPSA) is 67.4 Å². The molecule has 0 spiro atoms. The summed E-state index contributed by atoms with van der Waals surface area (Å²) in [6.07, 6.45) is 3.62. The average molecular weight is 298 g/mol. The first-order valence-electron chi connectivity index (χ1n) is 7.30. The van der Waals surface area contributed by atoms with Crippen molar-refractivity contribution < 1.29 is 9.53 Å². The van der Waals surface area contributed by atoms with Crippen LogP contribution in [0.3, 0.4) is 0 Å². The zero-order valence-corrected chi connectivity index (χ0v) is 12.2. The first kappa shape index (κ1) is 14.5. The number of hydrogen-bond acceptors (Lipinski definition) is 5. The van der Waals surface area contributed by atoms with Crippen LogP contribution in [0.5, 0.6) is 0 Å². The van der Waals surface area contributed by atoms with Gasteiger partial charge in [-0.3, -0.25) is 4.79 Å². The van der Waals surface area contributed by atoms with Crippen molar-refractivity contribution in [3.63, 3.8) is 0 Å². The Kier molecular flexibility index (Phi) is 4.60. The molecule has 3 rings (SSSR count). The lowest BCUT2D eigenvalue weighted by Gasteiger charge is -2.26. The van der Waals surface area contributed by atoms with Gasteiger partial charge in [0.05, 0.1) is 37.7 Å². The van der Waals surface area contributed by atoms with Crippen LogP contribution >= 0.6 is 0 Å². The highest BCUT2D eigenvalue weighted by Gasteiger charge is 2.13. The molecule has 1 aromatic heterocycles. The van der Waals surface area contributed by atoms with Crippen LogP contribution in [-0.2, 0) is 16.0 Å². The number of carbonyl (C=O) groups excluding carboxylic acids is 1. The highest BCUT2D eigenvalue weighted by Crippen LogP contribution is 2.12. The summed E-state index contributed by atoms with van der Waals surface area (Å²) in [7, 11) is 0. The SMILES string of the molecule is O=C(Cc1ccccc1)Nc1cnc(N2CCOCC2)nc1. The molecule has 0 atom stereocenters. The second-order valence-corrected chi connectivity index (χ2v) is 5.08. The summed E-state index contributed by atoms with van der Waals surface area (Å²) >= 11 is 0. The van der Waals surface area contributed by atoms with Gasteiger partial charge < -0.3 is 15.0 Å². The minimum Gasteiger partial charge on any atom is -0.378 e. The lowest BCUT2D eigenvalue weighted by Crippen LogP contribution is -2.37. The Morgan fingerprint density at radius 1 is 1.14 bits per heavy atom. The van der Waals surface area contributed by atoms with Gasteiger partial charge >= 0.3 is 0 Å². The van der Waals surface area contributed by atoms with Crippen LogP contribution < -0.4 is 10.2 Å². The zero-order chi connectivity index (χ0) is 15.2. The van der Waals surface area contributed by atoms with Crippen molar-refractivity contribution in [3.05, 3.63) is 48.3 Å². The van der Waals surface area contributed by atoms with E-state index in [2.05, 4.69) is 20.2 Å². The molecule has 0 aliphatic carbocycles. The maximum atomic E-state index is 12.0. The van der Waals surface area contributed by atoms with Gasteiger partial charge in [0.1, 0.15) is 0 Å². The molecule has 22 heavy (non-hydrogen) atoms. The Bertz CT molecular complexity index is 610. The van der Waals surface area contributed by atoms with Crippen molar-refractivity contribution >= 4 is 17.5 Å². The molecular formula is C16H18N4O2. The third-order valence-electron chi connectivity index (χ3n) is 3.42. The second-order valence-electron chi connectivity index (χ2n) is 5.08. The molecule has 1 aliphatic heterocycles. The maximum Gasteiger partial charge on any atom is 0.228 e. The fraction of sp³-hybridized carbons (Fsp3) is 0.312. The standard InChI is InChI=1S/C16H18N4O2/c21-15(10-13-4-2-1-3-5-13)19-14-11-17-16(18-12-14)20-6-8-22-9-7-20/h1-5,11-12H,6-10H2,(H,19,21). The van der Waals surface area contributed by atoms with Crippen molar-refractivity contribution in [2.75, 3.05) is 36.5 Å². The molecule has 114 valence electrons. The minimum atomic E-state index is -0.0751. The van der Waals surface area contributed by atoms with Crippen LogP contribution in [0.2, 0.25) is 0 Å². The van der Waals surface area contributed by atoms with E-state index in [-0.39, 0.29) is 5.91 Å². The average Bonchev–Trinajstić information content (AvgIpc) is 2.57. The third kappa shape index (κ3) is 3.79. The van der Waals surface area contributed by atoms with Crippen LogP contribution in [0, 0.1) is 0 Å². The summed E-state index contributed by atoms with van der Waals surface area (Å²) in [5.41, 5.74) is 1.59. The monoisotopic (exact) mass is 298 g/mol. The van der Waals surface area contributed by atoms with Gasteiger partial charge in [0, 0.05) is 13.1 Å². The van der Waals surface area contributed by atoms with Gasteiger partial charge in [-0.2, -0.15) is 0 Å². The van der Waals surface area contributed by atoms with E-state index in [4.69, 9.17) is 4.74 Å². The summed E-state index contributed by atoms with van der Waals surface area (Å²) in [5, 5.41) is 2.81. The molecule has 6 nitrogen and oxygen atoms in total. The highest BCUT2D eigenvalue weighted by molar-refractivity contribution is 5.91. The van der Waals surface area contributed by atoms with E-state index >= 15 is 0 Å². The Hall–Kier alpha value is -2.47. The van der Waals surface area contributed by atoms with Crippen LogP contribution in [0.25, 0.3) is 0 Å². The second kappa shape index (κ2) is 7.00. The van der Waals surface area contributed by atoms with E-state index in [1.807, 2.05) is 30.3 Å². The number of nitrogens with zero attached hydrogens (tertiary/aromatic N) is 3. The van der Waals surface area contributed by atoms with Gasteiger partial charge in [-0.25, -0.2) is 9.97 Å². The Morgan fingerprint density at radius 2 is 1.82 bits per heavy atom. The van der Waals surface area contributed by atoms with Gasteiger partial charge in [0.2, 0.25) is 11.9 Å². The third-order valence-corrected chi connectivity index (χ3v) is 3.42. The van der Waals surface area contributed by atoms with Crippen molar-refractivity contribution in [3.8, 4) is 0 Å². The van der Waals surface area contributed by atoms with E-state index in [9.17, 15) is 4.79 Å². The lowest BCUT2D eigenvalue weighted by atomic mass is 10.1. The van der Waals surface area contributed by atoms with E-state index in [0.29, 0.717) is 31.3 Å². The fourth-order valence-corrected chi connectivity index (χ4v) is 2.30. The quantitative estimate of drug-likeness (QED) is 0.926. The van der Waals surface area contributed by atoms with Crippen LogP contribution in [0.4, 0.5) is 11.6 Å². The number of amides is 1. The molecule has 0 radical (unpaired) electrons. The number of hydrogen-bond donors (Lipinski definition) is 1. The zero-order valence-electron chi connectivity index (χ0n) is 12.2. The number of rotatable bonds is 4.